The predicted molar refractivity (Wildman–Crippen MR) is 85.5 cm³/mol. The number of pyridine rings is 1. The molecular formula is C17H21N3O. The molecule has 1 amide bonds. The Kier molecular flexibility index (Phi) is 5.06. The minimum Gasteiger partial charge on any atom is -0.321 e. The van der Waals surface area contributed by atoms with E-state index in [9.17, 15) is 4.79 Å². The second-order valence-electron chi connectivity index (χ2n) is 5.02. The first-order valence-electron chi connectivity index (χ1n) is 7.18. The van der Waals surface area contributed by atoms with Crippen molar-refractivity contribution < 1.29 is 4.79 Å². The van der Waals surface area contributed by atoms with E-state index in [2.05, 4.69) is 29.5 Å². The lowest BCUT2D eigenvalue weighted by Gasteiger charge is -2.13. The average molecular weight is 283 g/mol. The molecule has 1 heterocycles. The van der Waals surface area contributed by atoms with E-state index >= 15 is 0 Å². The molecule has 1 atom stereocenters. The van der Waals surface area contributed by atoms with E-state index in [1.165, 1.54) is 5.56 Å². The van der Waals surface area contributed by atoms with Gasteiger partial charge in [0.05, 0.1) is 0 Å². The van der Waals surface area contributed by atoms with Crippen LogP contribution >= 0.6 is 0 Å². The van der Waals surface area contributed by atoms with Crippen molar-refractivity contribution >= 4 is 11.6 Å². The molecular weight excluding hydrogens is 262 g/mol. The number of carbonyl (C=O) groups is 1. The first-order chi connectivity index (χ1) is 10.1. The van der Waals surface area contributed by atoms with Gasteiger partial charge in [-0.1, -0.05) is 25.1 Å². The van der Waals surface area contributed by atoms with Crippen LogP contribution < -0.4 is 10.6 Å². The number of nitrogens with one attached hydrogen (secondary N) is 2. The van der Waals surface area contributed by atoms with Gasteiger partial charge in [-0.2, -0.15) is 0 Å². The molecule has 1 unspecified atom stereocenters. The van der Waals surface area contributed by atoms with Crippen molar-refractivity contribution in [2.24, 2.45) is 0 Å². The summed E-state index contributed by atoms with van der Waals surface area (Å²) in [6.45, 7) is 7.01. The number of amides is 1. The lowest BCUT2D eigenvalue weighted by Crippen LogP contribution is -2.18. The maximum Gasteiger partial charge on any atom is 0.274 e. The number of rotatable bonds is 5. The molecule has 1 aromatic carbocycles. The molecule has 0 aliphatic heterocycles. The van der Waals surface area contributed by atoms with Crippen LogP contribution in [0, 0.1) is 6.92 Å². The predicted octanol–water partition coefficient (Wildman–Crippen LogP) is 3.31. The van der Waals surface area contributed by atoms with E-state index in [1.807, 2.05) is 43.3 Å². The first-order valence-corrected chi connectivity index (χ1v) is 7.18. The van der Waals surface area contributed by atoms with Gasteiger partial charge in [-0.05, 0) is 49.7 Å². The number of benzene rings is 1. The van der Waals surface area contributed by atoms with Gasteiger partial charge in [0.1, 0.15) is 5.69 Å². The summed E-state index contributed by atoms with van der Waals surface area (Å²) in [7, 11) is 0. The van der Waals surface area contributed by atoms with E-state index in [1.54, 1.807) is 6.20 Å². The number of carbonyl (C=O) groups excluding carboxylic acids is 1. The molecule has 21 heavy (non-hydrogen) atoms. The molecule has 0 saturated carbocycles. The molecule has 4 nitrogen and oxygen atoms in total. The lowest BCUT2D eigenvalue weighted by molar-refractivity contribution is 0.102. The van der Waals surface area contributed by atoms with Crippen molar-refractivity contribution in [3.8, 4) is 0 Å². The zero-order chi connectivity index (χ0) is 15.2. The van der Waals surface area contributed by atoms with Gasteiger partial charge in [0.2, 0.25) is 0 Å². The smallest absolute Gasteiger partial charge is 0.274 e. The Bertz CT molecular complexity index is 608. The maximum atomic E-state index is 12.2. The molecule has 110 valence electrons. The summed E-state index contributed by atoms with van der Waals surface area (Å²) in [5.74, 6) is -0.180. The largest absolute Gasteiger partial charge is 0.321 e. The fourth-order valence-electron chi connectivity index (χ4n) is 2.19. The highest BCUT2D eigenvalue weighted by Gasteiger charge is 2.10. The molecule has 0 aliphatic rings. The number of aryl methyl sites for hydroxylation is 1. The molecule has 0 fully saturated rings. The van der Waals surface area contributed by atoms with E-state index < -0.39 is 0 Å². The van der Waals surface area contributed by atoms with Crippen LogP contribution in [0.3, 0.4) is 0 Å². The van der Waals surface area contributed by atoms with Crippen molar-refractivity contribution in [1.29, 1.82) is 0 Å². The average Bonchev–Trinajstić information content (AvgIpc) is 2.48. The van der Waals surface area contributed by atoms with Crippen molar-refractivity contribution in [2.75, 3.05) is 11.9 Å². The van der Waals surface area contributed by atoms with E-state index in [0.717, 1.165) is 17.8 Å². The van der Waals surface area contributed by atoms with Gasteiger partial charge in [0.25, 0.3) is 5.91 Å². The zero-order valence-electron chi connectivity index (χ0n) is 12.7. The number of anilines is 1. The number of hydrogen-bond donors (Lipinski definition) is 2. The molecule has 0 spiro atoms. The van der Waals surface area contributed by atoms with E-state index in [-0.39, 0.29) is 5.91 Å². The molecule has 1 aromatic heterocycles. The highest BCUT2D eigenvalue weighted by atomic mass is 16.1. The Morgan fingerprint density at radius 2 is 1.95 bits per heavy atom. The van der Waals surface area contributed by atoms with Gasteiger partial charge >= 0.3 is 0 Å². The minimum atomic E-state index is -0.180. The van der Waals surface area contributed by atoms with Crippen LogP contribution in [0.4, 0.5) is 5.69 Å². The topological polar surface area (TPSA) is 54.0 Å². The summed E-state index contributed by atoms with van der Waals surface area (Å²) in [5.41, 5.74) is 3.30. The van der Waals surface area contributed by atoms with Gasteiger partial charge in [0, 0.05) is 17.9 Å². The second kappa shape index (κ2) is 6.99. The molecule has 0 bridgehead atoms. The third-order valence-corrected chi connectivity index (χ3v) is 3.40. The highest BCUT2D eigenvalue weighted by molar-refractivity contribution is 6.03. The third-order valence-electron chi connectivity index (χ3n) is 3.40. The standard InChI is InChI=1S/C17H21N3O/c1-4-18-13(3)14-7-9-15(10-8-14)20-17(21)16-12(2)6-5-11-19-16/h5-11,13,18H,4H2,1-3H3,(H,20,21). The van der Waals surface area contributed by atoms with Gasteiger partial charge in [-0.25, -0.2) is 0 Å². The Morgan fingerprint density at radius 3 is 2.57 bits per heavy atom. The van der Waals surface area contributed by atoms with E-state index in [0.29, 0.717) is 11.7 Å². The van der Waals surface area contributed by atoms with Gasteiger partial charge in [-0.15, -0.1) is 0 Å². The van der Waals surface area contributed by atoms with Crippen LogP contribution in [0.25, 0.3) is 0 Å². The Balaban J connectivity index is 2.07. The highest BCUT2D eigenvalue weighted by Crippen LogP contribution is 2.16. The third kappa shape index (κ3) is 3.89. The summed E-state index contributed by atoms with van der Waals surface area (Å²) < 4.78 is 0. The molecule has 2 N–H and O–H groups in total. The van der Waals surface area contributed by atoms with Gasteiger partial charge in [0.15, 0.2) is 0 Å². The molecule has 4 heteroatoms. The summed E-state index contributed by atoms with van der Waals surface area (Å²) in [4.78, 5) is 16.3. The zero-order valence-corrected chi connectivity index (χ0v) is 12.7. The van der Waals surface area contributed by atoms with Crippen LogP contribution in [-0.2, 0) is 0 Å². The number of nitrogens with zero attached hydrogens (tertiary/aromatic N) is 1. The Morgan fingerprint density at radius 1 is 1.24 bits per heavy atom. The summed E-state index contributed by atoms with van der Waals surface area (Å²) in [6, 6.07) is 11.9. The Hall–Kier alpha value is -2.20. The van der Waals surface area contributed by atoms with Crippen molar-refractivity contribution in [2.45, 2.75) is 26.8 Å². The fourth-order valence-corrected chi connectivity index (χ4v) is 2.19. The minimum absolute atomic E-state index is 0.180. The van der Waals surface area contributed by atoms with Crippen LogP contribution in [0.15, 0.2) is 42.6 Å². The molecule has 0 aliphatic carbocycles. The summed E-state index contributed by atoms with van der Waals surface area (Å²) in [6.07, 6.45) is 1.63. The summed E-state index contributed by atoms with van der Waals surface area (Å²) in [5, 5.41) is 6.23. The van der Waals surface area contributed by atoms with Crippen molar-refractivity contribution in [3.05, 3.63) is 59.4 Å². The molecule has 2 rings (SSSR count). The number of hydrogen-bond acceptors (Lipinski definition) is 3. The van der Waals surface area contributed by atoms with Crippen LogP contribution in [-0.4, -0.2) is 17.4 Å². The quantitative estimate of drug-likeness (QED) is 0.885. The number of aromatic nitrogens is 1. The lowest BCUT2D eigenvalue weighted by atomic mass is 10.1. The van der Waals surface area contributed by atoms with Gasteiger partial charge < -0.3 is 10.6 Å². The molecule has 2 aromatic rings. The second-order valence-corrected chi connectivity index (χ2v) is 5.02. The van der Waals surface area contributed by atoms with E-state index in [4.69, 9.17) is 0 Å². The van der Waals surface area contributed by atoms with Crippen LogP contribution in [0.2, 0.25) is 0 Å². The maximum absolute atomic E-state index is 12.2. The monoisotopic (exact) mass is 283 g/mol. The molecule has 0 saturated heterocycles. The van der Waals surface area contributed by atoms with Crippen molar-refractivity contribution in [1.82, 2.24) is 10.3 Å². The Labute approximate surface area is 125 Å². The summed E-state index contributed by atoms with van der Waals surface area (Å²) >= 11 is 0. The van der Waals surface area contributed by atoms with Crippen LogP contribution in [0.5, 0.6) is 0 Å². The van der Waals surface area contributed by atoms with Crippen molar-refractivity contribution in [3.63, 3.8) is 0 Å². The SMILES string of the molecule is CCNC(C)c1ccc(NC(=O)c2ncccc2C)cc1. The molecule has 0 radical (unpaired) electrons. The van der Waals surface area contributed by atoms with Gasteiger partial charge in [-0.3, -0.25) is 9.78 Å². The first kappa shape index (κ1) is 15.2. The normalized spacial score (nSPS) is 12.0. The fraction of sp³-hybridized carbons (Fsp3) is 0.294. The van der Waals surface area contributed by atoms with Crippen LogP contribution in [0.1, 0.15) is 41.5 Å².